The maximum absolute atomic E-state index is 9.48. The van der Waals surface area contributed by atoms with E-state index in [1.54, 1.807) is 0 Å². The van der Waals surface area contributed by atoms with Gasteiger partial charge in [0, 0.05) is 14.1 Å². The second kappa shape index (κ2) is 10.5. The topological polar surface area (TPSA) is 185 Å². The molecule has 10 nitrogen and oxygen atoms in total. The lowest BCUT2D eigenvalue weighted by molar-refractivity contribution is 0.250. The van der Waals surface area contributed by atoms with E-state index in [0.717, 1.165) is 0 Å². The number of hydrogen-bond donors (Lipinski definition) is 6. The summed E-state index contributed by atoms with van der Waals surface area (Å²) in [5.41, 5.74) is 9.08. The number of nitrogens with two attached hydrogens (primary N) is 2. The van der Waals surface area contributed by atoms with E-state index in [4.69, 9.17) is 17.5 Å². The zero-order valence-electron chi connectivity index (χ0n) is 8.09. The summed E-state index contributed by atoms with van der Waals surface area (Å²) in [5.74, 6) is 0. The number of carbonyl (C=O) groups is 2. The number of amides is 4. The van der Waals surface area contributed by atoms with Crippen molar-refractivity contribution in [3.63, 3.8) is 0 Å². The zero-order chi connectivity index (χ0) is 13.1. The highest BCUT2D eigenvalue weighted by Crippen LogP contribution is 1.59. The highest BCUT2D eigenvalue weighted by atomic mass is 32.3. The Morgan fingerprint density at radius 3 is 1.07 bits per heavy atom. The van der Waals surface area contributed by atoms with Crippen LogP contribution in [-0.4, -0.2) is 43.7 Å². The number of hydrogen-bond acceptors (Lipinski definition) is 4. The molecule has 0 bridgehead atoms. The van der Waals surface area contributed by atoms with Crippen LogP contribution in [0.4, 0.5) is 9.59 Å². The molecule has 0 rings (SSSR count). The second-order valence-electron chi connectivity index (χ2n) is 1.68. The van der Waals surface area contributed by atoms with E-state index >= 15 is 0 Å². The minimum Gasteiger partial charge on any atom is -0.352 e. The first kappa shape index (κ1) is 19.1. The molecular formula is C4H14N4O6S. The van der Waals surface area contributed by atoms with Crippen molar-refractivity contribution in [2.45, 2.75) is 0 Å². The van der Waals surface area contributed by atoms with Crippen molar-refractivity contribution in [1.82, 2.24) is 10.6 Å². The van der Waals surface area contributed by atoms with E-state index in [9.17, 15) is 9.59 Å². The van der Waals surface area contributed by atoms with E-state index in [0.29, 0.717) is 0 Å². The molecule has 92 valence electrons. The van der Waals surface area contributed by atoms with Crippen molar-refractivity contribution in [3.05, 3.63) is 0 Å². The maximum atomic E-state index is 9.48. The lowest BCUT2D eigenvalue weighted by Crippen LogP contribution is -2.24. The molecule has 0 aromatic heterocycles. The fraction of sp³-hybridized carbons (Fsp3) is 0.500. The molecule has 0 saturated carbocycles. The quantitative estimate of drug-likeness (QED) is 0.266. The predicted molar refractivity (Wildman–Crippen MR) is 51.5 cm³/mol. The molecule has 0 aliphatic rings. The molecule has 0 saturated heterocycles. The van der Waals surface area contributed by atoms with Crippen molar-refractivity contribution >= 4 is 22.5 Å². The molecule has 0 fully saturated rings. The average molecular weight is 246 g/mol. The molecule has 0 atom stereocenters. The second-order valence-corrected chi connectivity index (χ2v) is 2.57. The molecule has 15 heavy (non-hydrogen) atoms. The molecule has 0 aromatic rings. The first-order chi connectivity index (χ1) is 6.54. The Morgan fingerprint density at radius 2 is 1.07 bits per heavy atom. The number of primary amides is 2. The Balaban J connectivity index is -0.000000144. The standard InChI is InChI=1S/2C2H6N2O.H2O4S/c2*1-4-2(3)5;1-5(2,3)4/h2*1H3,(H3,3,4,5);(H2,1,2,3,4). The van der Waals surface area contributed by atoms with Gasteiger partial charge in [0.25, 0.3) is 0 Å². The fourth-order valence-electron chi connectivity index (χ4n) is 0. The van der Waals surface area contributed by atoms with Gasteiger partial charge in [-0.05, 0) is 0 Å². The number of carbonyl (C=O) groups excluding carboxylic acids is 2. The summed E-state index contributed by atoms with van der Waals surface area (Å²) in [6.07, 6.45) is 0. The van der Waals surface area contributed by atoms with Crippen LogP contribution in [0, 0.1) is 0 Å². The number of rotatable bonds is 0. The summed E-state index contributed by atoms with van der Waals surface area (Å²) < 4.78 is 31.6. The first-order valence-corrected chi connectivity index (χ1v) is 4.58. The average Bonchev–Trinajstić information content (AvgIpc) is 2.02. The van der Waals surface area contributed by atoms with Gasteiger partial charge in [-0.25, -0.2) is 9.59 Å². The van der Waals surface area contributed by atoms with E-state index in [1.807, 2.05) is 0 Å². The van der Waals surface area contributed by atoms with Crippen LogP contribution in [0.5, 0.6) is 0 Å². The van der Waals surface area contributed by atoms with Crippen LogP contribution in [0.25, 0.3) is 0 Å². The van der Waals surface area contributed by atoms with Crippen LogP contribution in [-0.2, 0) is 10.4 Å². The van der Waals surface area contributed by atoms with Crippen LogP contribution in [0.2, 0.25) is 0 Å². The lowest BCUT2D eigenvalue weighted by Gasteiger charge is -1.80. The van der Waals surface area contributed by atoms with Gasteiger partial charge in [-0.2, -0.15) is 8.42 Å². The van der Waals surface area contributed by atoms with Gasteiger partial charge in [0.1, 0.15) is 0 Å². The van der Waals surface area contributed by atoms with Gasteiger partial charge < -0.3 is 22.1 Å². The van der Waals surface area contributed by atoms with Gasteiger partial charge >= 0.3 is 22.5 Å². The number of nitrogens with one attached hydrogen (secondary N) is 2. The number of urea groups is 2. The Bertz CT molecular complexity index is 253. The summed E-state index contributed by atoms with van der Waals surface area (Å²) in [4.78, 5) is 19.0. The van der Waals surface area contributed by atoms with Crippen molar-refractivity contribution in [1.29, 1.82) is 0 Å². The smallest absolute Gasteiger partial charge is 0.352 e. The van der Waals surface area contributed by atoms with Crippen molar-refractivity contribution < 1.29 is 27.1 Å². The Kier molecular flexibility index (Phi) is 13.3. The fourth-order valence-corrected chi connectivity index (χ4v) is 0. The molecule has 11 heteroatoms. The lowest BCUT2D eigenvalue weighted by atomic mass is 11.1. The van der Waals surface area contributed by atoms with Crippen LogP contribution < -0.4 is 22.1 Å². The van der Waals surface area contributed by atoms with E-state index in [2.05, 4.69) is 22.1 Å². The summed E-state index contributed by atoms with van der Waals surface area (Å²) in [5, 5.41) is 4.33. The van der Waals surface area contributed by atoms with Gasteiger partial charge in [0.2, 0.25) is 0 Å². The summed E-state index contributed by atoms with van der Waals surface area (Å²) >= 11 is 0. The monoisotopic (exact) mass is 246 g/mol. The van der Waals surface area contributed by atoms with E-state index in [-0.39, 0.29) is 0 Å². The first-order valence-electron chi connectivity index (χ1n) is 3.18. The summed E-state index contributed by atoms with van der Waals surface area (Å²) in [7, 11) is -1.72. The normalized spacial score (nSPS) is 8.27. The Labute approximate surface area is 86.6 Å². The minimum absolute atomic E-state index is 0.495. The third kappa shape index (κ3) is 232. The molecule has 0 aliphatic heterocycles. The highest BCUT2D eigenvalue weighted by Gasteiger charge is 1.84. The minimum atomic E-state index is -4.67. The van der Waals surface area contributed by atoms with Gasteiger partial charge in [-0.3, -0.25) is 9.11 Å². The molecule has 0 unspecified atom stereocenters. The SMILES string of the molecule is CNC(N)=O.CNC(N)=O.O=S(=O)(O)O. The van der Waals surface area contributed by atoms with Gasteiger partial charge in [-0.15, -0.1) is 0 Å². The van der Waals surface area contributed by atoms with Crippen LogP contribution >= 0.6 is 0 Å². The van der Waals surface area contributed by atoms with Gasteiger partial charge in [0.15, 0.2) is 0 Å². The van der Waals surface area contributed by atoms with Crippen molar-refractivity contribution in [2.75, 3.05) is 14.1 Å². The third-order valence-electron chi connectivity index (χ3n) is 0.493. The predicted octanol–water partition coefficient (Wildman–Crippen LogP) is -2.08. The molecule has 0 aromatic carbocycles. The largest absolute Gasteiger partial charge is 0.394 e. The van der Waals surface area contributed by atoms with Crippen molar-refractivity contribution in [2.24, 2.45) is 11.5 Å². The van der Waals surface area contributed by atoms with Gasteiger partial charge in [0.05, 0.1) is 0 Å². The molecule has 0 aliphatic carbocycles. The van der Waals surface area contributed by atoms with Crippen LogP contribution in [0.3, 0.4) is 0 Å². The molecular weight excluding hydrogens is 232 g/mol. The Hall–Kier alpha value is -1.59. The van der Waals surface area contributed by atoms with E-state index < -0.39 is 22.5 Å². The van der Waals surface area contributed by atoms with E-state index in [1.165, 1.54) is 14.1 Å². The van der Waals surface area contributed by atoms with Crippen LogP contribution in [0.15, 0.2) is 0 Å². The molecule has 0 spiro atoms. The Morgan fingerprint density at radius 1 is 1.00 bits per heavy atom. The molecule has 0 heterocycles. The van der Waals surface area contributed by atoms with Crippen LogP contribution in [0.1, 0.15) is 0 Å². The van der Waals surface area contributed by atoms with Crippen molar-refractivity contribution in [3.8, 4) is 0 Å². The molecule has 0 radical (unpaired) electrons. The summed E-state index contributed by atoms with van der Waals surface area (Å²) in [6.45, 7) is 0. The third-order valence-corrected chi connectivity index (χ3v) is 0.493. The van der Waals surface area contributed by atoms with Gasteiger partial charge in [-0.1, -0.05) is 0 Å². The highest BCUT2D eigenvalue weighted by molar-refractivity contribution is 7.79. The molecule has 8 N–H and O–H groups in total. The summed E-state index contributed by atoms with van der Waals surface area (Å²) in [6, 6.07) is -0.991. The maximum Gasteiger partial charge on any atom is 0.394 e. The zero-order valence-corrected chi connectivity index (χ0v) is 8.91. The molecule has 4 amide bonds.